The van der Waals surface area contributed by atoms with Gasteiger partial charge in [0.15, 0.2) is 0 Å². The van der Waals surface area contributed by atoms with Gasteiger partial charge >= 0.3 is 6.03 Å². The summed E-state index contributed by atoms with van der Waals surface area (Å²) < 4.78 is 7.43. The van der Waals surface area contributed by atoms with Gasteiger partial charge in [0, 0.05) is 50.1 Å². The summed E-state index contributed by atoms with van der Waals surface area (Å²) in [7, 11) is 3.39. The van der Waals surface area contributed by atoms with Crippen LogP contribution < -0.4 is 10.1 Å². The second-order valence-electron chi connectivity index (χ2n) is 7.06. The Morgan fingerprint density at radius 3 is 2.93 bits per heavy atom. The predicted octanol–water partition coefficient (Wildman–Crippen LogP) is 4.17. The number of fused-ring (bicyclic) bond motifs is 1. The van der Waals surface area contributed by atoms with E-state index in [4.69, 9.17) is 9.72 Å². The van der Waals surface area contributed by atoms with Crippen LogP contribution in [0.2, 0.25) is 0 Å². The van der Waals surface area contributed by atoms with Gasteiger partial charge in [-0.1, -0.05) is 24.3 Å². The number of nitrogens with one attached hydrogen (secondary N) is 1. The summed E-state index contributed by atoms with van der Waals surface area (Å²) in [4.78, 5) is 18.9. The summed E-state index contributed by atoms with van der Waals surface area (Å²) in [5, 5.41) is 2.90. The van der Waals surface area contributed by atoms with Crippen LogP contribution in [-0.2, 0) is 19.5 Å². The number of hydrogen-bond acceptors (Lipinski definition) is 3. The number of carbonyl (C=O) groups excluding carboxylic acids is 1. The Bertz CT molecular complexity index is 974. The zero-order valence-electron chi connectivity index (χ0n) is 16.2. The molecular weight excluding hydrogens is 352 g/mol. The van der Waals surface area contributed by atoms with E-state index < -0.39 is 0 Å². The standard InChI is InChI=1S/C22H24N4O2/c1-25(22(27)23-18-8-4-9-19(13-18)28-2)14-16-6-3-7-17(12-16)20-15-26-11-5-10-21(26)24-20/h3-4,6-9,12-13,15H,5,10-11,14H2,1-2H3,(H,23,27). The van der Waals surface area contributed by atoms with Crippen molar-refractivity contribution in [2.24, 2.45) is 0 Å². The maximum atomic E-state index is 12.5. The quantitative estimate of drug-likeness (QED) is 0.727. The third kappa shape index (κ3) is 3.86. The van der Waals surface area contributed by atoms with Crippen molar-refractivity contribution in [1.29, 1.82) is 0 Å². The SMILES string of the molecule is COc1cccc(NC(=O)N(C)Cc2cccc(-c3cn4c(n3)CCC4)c2)c1. The molecule has 1 aliphatic rings. The monoisotopic (exact) mass is 376 g/mol. The molecular formula is C22H24N4O2. The molecule has 2 aromatic carbocycles. The maximum absolute atomic E-state index is 12.5. The molecule has 0 unspecified atom stereocenters. The van der Waals surface area contributed by atoms with Gasteiger partial charge in [-0.3, -0.25) is 0 Å². The van der Waals surface area contributed by atoms with Gasteiger partial charge in [-0.05, 0) is 30.2 Å². The molecule has 1 aliphatic heterocycles. The Balaban J connectivity index is 1.43. The molecule has 6 nitrogen and oxygen atoms in total. The van der Waals surface area contributed by atoms with Crippen LogP contribution in [0.3, 0.4) is 0 Å². The highest BCUT2D eigenvalue weighted by atomic mass is 16.5. The first-order chi connectivity index (χ1) is 13.6. The minimum absolute atomic E-state index is 0.167. The van der Waals surface area contributed by atoms with Crippen molar-refractivity contribution < 1.29 is 9.53 Å². The van der Waals surface area contributed by atoms with E-state index in [9.17, 15) is 4.79 Å². The average Bonchev–Trinajstić information content (AvgIpc) is 3.30. The zero-order chi connectivity index (χ0) is 19.5. The van der Waals surface area contributed by atoms with Gasteiger partial charge in [-0.15, -0.1) is 0 Å². The Morgan fingerprint density at radius 1 is 1.25 bits per heavy atom. The van der Waals surface area contributed by atoms with Gasteiger partial charge in [0.2, 0.25) is 0 Å². The Kier molecular flexibility index (Phi) is 5.02. The molecule has 1 N–H and O–H groups in total. The summed E-state index contributed by atoms with van der Waals surface area (Å²) in [6.45, 7) is 1.56. The second-order valence-corrected chi connectivity index (χ2v) is 7.06. The van der Waals surface area contributed by atoms with Crippen LogP contribution in [0.5, 0.6) is 5.75 Å². The van der Waals surface area contributed by atoms with E-state index in [0.29, 0.717) is 18.0 Å². The molecule has 6 heteroatoms. The smallest absolute Gasteiger partial charge is 0.321 e. The molecule has 0 atom stereocenters. The van der Waals surface area contributed by atoms with Gasteiger partial charge in [-0.2, -0.15) is 0 Å². The molecule has 0 aliphatic carbocycles. The molecule has 28 heavy (non-hydrogen) atoms. The van der Waals surface area contributed by atoms with E-state index in [-0.39, 0.29) is 6.03 Å². The van der Waals surface area contributed by atoms with E-state index in [1.807, 2.05) is 30.3 Å². The number of methoxy groups -OCH3 is 1. The van der Waals surface area contributed by atoms with Crippen molar-refractivity contribution in [2.75, 3.05) is 19.5 Å². The fourth-order valence-corrected chi connectivity index (χ4v) is 3.49. The average molecular weight is 376 g/mol. The largest absolute Gasteiger partial charge is 0.497 e. The molecule has 0 saturated heterocycles. The Morgan fingerprint density at radius 2 is 2.11 bits per heavy atom. The van der Waals surface area contributed by atoms with Gasteiger partial charge in [0.25, 0.3) is 0 Å². The third-order valence-electron chi connectivity index (χ3n) is 4.97. The molecule has 2 heterocycles. The number of aryl methyl sites for hydroxylation is 2. The van der Waals surface area contributed by atoms with Crippen molar-refractivity contribution in [2.45, 2.75) is 25.9 Å². The minimum atomic E-state index is -0.167. The second kappa shape index (κ2) is 7.76. The predicted molar refractivity (Wildman–Crippen MR) is 109 cm³/mol. The Hall–Kier alpha value is -3.28. The molecule has 1 aromatic heterocycles. The summed E-state index contributed by atoms with van der Waals surface area (Å²) in [5.41, 5.74) is 3.85. The number of imidazole rings is 1. The number of ether oxygens (including phenoxy) is 1. The number of rotatable bonds is 5. The van der Waals surface area contributed by atoms with E-state index in [2.05, 4.69) is 28.2 Å². The zero-order valence-corrected chi connectivity index (χ0v) is 16.2. The van der Waals surface area contributed by atoms with Crippen LogP contribution in [0, 0.1) is 0 Å². The lowest BCUT2D eigenvalue weighted by atomic mass is 10.1. The summed E-state index contributed by atoms with van der Waals surface area (Å²) in [6.07, 6.45) is 4.35. The number of anilines is 1. The van der Waals surface area contributed by atoms with E-state index in [0.717, 1.165) is 35.6 Å². The molecule has 0 bridgehead atoms. The topological polar surface area (TPSA) is 59.4 Å². The lowest BCUT2D eigenvalue weighted by Crippen LogP contribution is -2.30. The van der Waals surface area contributed by atoms with E-state index >= 15 is 0 Å². The van der Waals surface area contributed by atoms with Gasteiger partial charge < -0.3 is 19.5 Å². The van der Waals surface area contributed by atoms with Crippen LogP contribution in [-0.4, -0.2) is 34.6 Å². The van der Waals surface area contributed by atoms with Crippen molar-refractivity contribution in [3.05, 3.63) is 66.1 Å². The maximum Gasteiger partial charge on any atom is 0.321 e. The van der Waals surface area contributed by atoms with Crippen LogP contribution in [0.1, 0.15) is 17.8 Å². The van der Waals surface area contributed by atoms with E-state index in [1.54, 1.807) is 25.1 Å². The van der Waals surface area contributed by atoms with Crippen molar-refractivity contribution in [3.8, 4) is 17.0 Å². The molecule has 0 radical (unpaired) electrons. The highest BCUT2D eigenvalue weighted by Gasteiger charge is 2.15. The number of amides is 2. The molecule has 0 fully saturated rings. The highest BCUT2D eigenvalue weighted by molar-refractivity contribution is 5.89. The van der Waals surface area contributed by atoms with Crippen molar-refractivity contribution in [1.82, 2.24) is 14.5 Å². The fraction of sp³-hybridized carbons (Fsp3) is 0.273. The number of carbonyl (C=O) groups is 1. The first kappa shape index (κ1) is 18.1. The molecule has 3 aromatic rings. The van der Waals surface area contributed by atoms with Gasteiger partial charge in [0.05, 0.1) is 12.8 Å². The minimum Gasteiger partial charge on any atom is -0.497 e. The lowest BCUT2D eigenvalue weighted by molar-refractivity contribution is 0.220. The number of benzene rings is 2. The van der Waals surface area contributed by atoms with Crippen LogP contribution in [0.15, 0.2) is 54.7 Å². The van der Waals surface area contributed by atoms with Gasteiger partial charge in [0.1, 0.15) is 11.6 Å². The first-order valence-corrected chi connectivity index (χ1v) is 9.44. The number of urea groups is 1. The normalized spacial score (nSPS) is 12.5. The van der Waals surface area contributed by atoms with Crippen molar-refractivity contribution >= 4 is 11.7 Å². The van der Waals surface area contributed by atoms with Gasteiger partial charge in [-0.25, -0.2) is 9.78 Å². The number of aromatic nitrogens is 2. The molecule has 144 valence electrons. The molecule has 0 saturated carbocycles. The fourth-order valence-electron chi connectivity index (χ4n) is 3.49. The summed E-state index contributed by atoms with van der Waals surface area (Å²) in [6, 6.07) is 15.4. The number of hydrogen-bond donors (Lipinski definition) is 1. The number of nitrogens with zero attached hydrogens (tertiary/aromatic N) is 3. The molecule has 2 amide bonds. The molecule has 4 rings (SSSR count). The highest BCUT2D eigenvalue weighted by Crippen LogP contribution is 2.24. The summed E-state index contributed by atoms with van der Waals surface area (Å²) >= 11 is 0. The van der Waals surface area contributed by atoms with E-state index in [1.165, 1.54) is 6.42 Å². The van der Waals surface area contributed by atoms with Crippen LogP contribution in [0.4, 0.5) is 10.5 Å². The lowest BCUT2D eigenvalue weighted by Gasteiger charge is -2.18. The first-order valence-electron chi connectivity index (χ1n) is 9.44. The van der Waals surface area contributed by atoms with Crippen LogP contribution in [0.25, 0.3) is 11.3 Å². The third-order valence-corrected chi connectivity index (χ3v) is 4.97. The van der Waals surface area contributed by atoms with Crippen molar-refractivity contribution in [3.63, 3.8) is 0 Å². The Labute approximate surface area is 164 Å². The summed E-state index contributed by atoms with van der Waals surface area (Å²) in [5.74, 6) is 1.87. The van der Waals surface area contributed by atoms with Crippen LogP contribution >= 0.6 is 0 Å². The molecule has 0 spiro atoms.